The van der Waals surface area contributed by atoms with Gasteiger partial charge in [-0.25, -0.2) is 14.2 Å². The minimum Gasteiger partial charge on any atom is -0.496 e. The zero-order valence-electron chi connectivity index (χ0n) is 29.9. The molecule has 2 saturated heterocycles. The lowest BCUT2D eigenvalue weighted by atomic mass is 9.84. The molecule has 3 aliphatic rings. The van der Waals surface area contributed by atoms with Gasteiger partial charge in [-0.2, -0.15) is 0 Å². The van der Waals surface area contributed by atoms with Gasteiger partial charge in [-0.05, 0) is 114 Å². The molecule has 0 saturated carbocycles. The SMILES string of the molecule is COc1ccccc1[C@H]1C[C@H]2CC[C@@H](C1)N2C(=O)c1cc2c(-c3cc(F)c4c(c3C)CCCO4)c([C@H](OC(C)(C)C)C(=O)O)c(C)nc2n1C. The van der Waals surface area contributed by atoms with Crippen LogP contribution in [0, 0.1) is 19.7 Å². The molecule has 4 atom stereocenters. The number of aromatic nitrogens is 2. The number of aryl methyl sites for hydroxylation is 2. The first-order chi connectivity index (χ1) is 23.8. The number of pyridine rings is 1. The Bertz CT molecular complexity index is 2000. The quantitative estimate of drug-likeness (QED) is 0.212. The molecule has 0 unspecified atom stereocenters. The van der Waals surface area contributed by atoms with Gasteiger partial charge in [-0.1, -0.05) is 18.2 Å². The number of hydrogen-bond acceptors (Lipinski definition) is 6. The molecular formula is C40H46FN3O6. The van der Waals surface area contributed by atoms with Crippen LogP contribution < -0.4 is 9.47 Å². The fraction of sp³-hybridized carbons (Fsp3) is 0.475. The fourth-order valence-electron chi connectivity index (χ4n) is 8.68. The van der Waals surface area contributed by atoms with Crippen LogP contribution in [0.1, 0.15) is 103 Å². The molecule has 0 spiro atoms. The van der Waals surface area contributed by atoms with Gasteiger partial charge in [0.15, 0.2) is 17.7 Å². The molecule has 5 heterocycles. The van der Waals surface area contributed by atoms with E-state index in [0.29, 0.717) is 58.1 Å². The summed E-state index contributed by atoms with van der Waals surface area (Å²) in [4.78, 5) is 34.6. The van der Waals surface area contributed by atoms with Crippen LogP contribution in [-0.2, 0) is 23.0 Å². The van der Waals surface area contributed by atoms with Crippen molar-refractivity contribution in [2.24, 2.45) is 7.05 Å². The molecular weight excluding hydrogens is 637 g/mol. The minimum atomic E-state index is -1.39. The zero-order valence-corrected chi connectivity index (χ0v) is 29.9. The normalized spacial score (nSPS) is 20.8. The van der Waals surface area contributed by atoms with Crippen LogP contribution in [0.15, 0.2) is 36.4 Å². The van der Waals surface area contributed by atoms with Gasteiger partial charge in [0.2, 0.25) is 0 Å². The molecule has 264 valence electrons. The standard InChI is InChI=1S/C40H46FN3O6/c1-21-26-12-10-16-49-35(26)30(41)19-28(21)34-29-20-31(43(6)37(29)42-22(2)33(34)36(39(46)47)50-40(3,4)5)38(45)44-24-14-15-25(44)18-23(17-24)27-11-8-9-13-32(27)48-7/h8-9,11,13,19-20,23-25,36H,10,12,14-18H2,1-7H3,(H,46,47)/t23-,24+,25-,36-/m0/s1. The van der Waals surface area contributed by atoms with Crippen molar-refractivity contribution in [1.82, 2.24) is 14.5 Å². The van der Waals surface area contributed by atoms with E-state index in [1.807, 2.05) is 38.2 Å². The van der Waals surface area contributed by atoms with Crippen LogP contribution in [0.2, 0.25) is 0 Å². The van der Waals surface area contributed by atoms with Gasteiger partial charge >= 0.3 is 5.97 Å². The Morgan fingerprint density at radius 3 is 2.46 bits per heavy atom. The number of carboxylic acids is 1. The molecule has 10 heteroatoms. The van der Waals surface area contributed by atoms with E-state index in [4.69, 9.17) is 19.2 Å². The molecule has 0 radical (unpaired) electrons. The Labute approximate surface area is 292 Å². The third kappa shape index (κ3) is 5.71. The van der Waals surface area contributed by atoms with Crippen molar-refractivity contribution in [3.63, 3.8) is 0 Å². The van der Waals surface area contributed by atoms with E-state index >= 15 is 4.39 Å². The van der Waals surface area contributed by atoms with E-state index < -0.39 is 23.5 Å². The number of amides is 1. The second-order valence-electron chi connectivity index (χ2n) is 15.1. The van der Waals surface area contributed by atoms with Crippen molar-refractivity contribution in [3.05, 3.63) is 75.9 Å². The highest BCUT2D eigenvalue weighted by atomic mass is 19.1. The Morgan fingerprint density at radius 2 is 1.80 bits per heavy atom. The number of rotatable bonds is 7. The average Bonchev–Trinajstić information content (AvgIpc) is 3.55. The number of carboxylic acid groups (broad SMARTS) is 1. The first-order valence-corrected chi connectivity index (χ1v) is 17.6. The van der Waals surface area contributed by atoms with Crippen LogP contribution in [0.4, 0.5) is 4.39 Å². The van der Waals surface area contributed by atoms with Crippen LogP contribution in [-0.4, -0.2) is 62.8 Å². The number of para-hydroxylation sites is 1. The van der Waals surface area contributed by atoms with E-state index in [1.54, 1.807) is 39.4 Å². The van der Waals surface area contributed by atoms with E-state index in [9.17, 15) is 14.7 Å². The maximum absolute atomic E-state index is 15.8. The van der Waals surface area contributed by atoms with Gasteiger partial charge in [0.1, 0.15) is 17.1 Å². The van der Waals surface area contributed by atoms with Crippen LogP contribution in [0.5, 0.6) is 11.5 Å². The monoisotopic (exact) mass is 683 g/mol. The summed E-state index contributed by atoms with van der Waals surface area (Å²) in [6.45, 7) is 9.52. The molecule has 4 aromatic rings. The lowest BCUT2D eigenvalue weighted by Crippen LogP contribution is -2.46. The molecule has 3 aliphatic heterocycles. The predicted octanol–water partition coefficient (Wildman–Crippen LogP) is 7.82. The second-order valence-corrected chi connectivity index (χ2v) is 15.1. The summed E-state index contributed by atoms with van der Waals surface area (Å²) in [7, 11) is 3.52. The summed E-state index contributed by atoms with van der Waals surface area (Å²) in [6.07, 6.45) is 3.55. The molecule has 2 aromatic carbocycles. The van der Waals surface area contributed by atoms with Crippen molar-refractivity contribution < 1.29 is 33.3 Å². The zero-order chi connectivity index (χ0) is 35.6. The van der Waals surface area contributed by atoms with E-state index in [2.05, 4.69) is 11.0 Å². The fourth-order valence-corrected chi connectivity index (χ4v) is 8.68. The summed E-state index contributed by atoms with van der Waals surface area (Å²) in [5.41, 5.74) is 4.78. The minimum absolute atomic E-state index is 0.0764. The van der Waals surface area contributed by atoms with Crippen LogP contribution in [0.25, 0.3) is 22.2 Å². The Kier molecular flexibility index (Phi) is 8.65. The van der Waals surface area contributed by atoms with Crippen LogP contribution in [0.3, 0.4) is 0 Å². The number of methoxy groups -OCH3 is 1. The number of benzene rings is 2. The van der Waals surface area contributed by atoms with Gasteiger partial charge in [0, 0.05) is 46.9 Å². The topological polar surface area (TPSA) is 103 Å². The van der Waals surface area contributed by atoms with E-state index in [-0.39, 0.29) is 23.7 Å². The highest BCUT2D eigenvalue weighted by Crippen LogP contribution is 2.48. The molecule has 2 aromatic heterocycles. The molecule has 9 nitrogen and oxygen atoms in total. The highest BCUT2D eigenvalue weighted by Gasteiger charge is 2.45. The summed E-state index contributed by atoms with van der Waals surface area (Å²) in [6, 6.07) is 11.5. The van der Waals surface area contributed by atoms with E-state index in [1.165, 1.54) is 11.6 Å². The smallest absolute Gasteiger partial charge is 0.337 e. The number of ether oxygens (including phenoxy) is 3. The molecule has 1 amide bonds. The molecule has 50 heavy (non-hydrogen) atoms. The second kappa shape index (κ2) is 12.7. The summed E-state index contributed by atoms with van der Waals surface area (Å²) in [5.74, 6) is -0.335. The first-order valence-electron chi connectivity index (χ1n) is 17.6. The van der Waals surface area contributed by atoms with Crippen molar-refractivity contribution in [3.8, 4) is 22.6 Å². The Hall–Kier alpha value is -4.44. The average molecular weight is 684 g/mol. The maximum atomic E-state index is 15.8. The van der Waals surface area contributed by atoms with Crippen LogP contribution >= 0.6 is 0 Å². The van der Waals surface area contributed by atoms with Gasteiger partial charge in [0.05, 0.1) is 19.3 Å². The third-order valence-corrected chi connectivity index (χ3v) is 10.8. The predicted molar refractivity (Wildman–Crippen MR) is 189 cm³/mol. The first kappa shape index (κ1) is 34.0. The molecule has 0 aliphatic carbocycles. The van der Waals surface area contributed by atoms with Crippen molar-refractivity contribution >= 4 is 22.9 Å². The Morgan fingerprint density at radius 1 is 1.10 bits per heavy atom. The summed E-state index contributed by atoms with van der Waals surface area (Å²) < 4.78 is 35.3. The lowest BCUT2D eigenvalue weighted by Gasteiger charge is -2.39. The van der Waals surface area contributed by atoms with Crippen molar-refractivity contribution in [1.29, 1.82) is 0 Å². The number of fused-ring (bicyclic) bond motifs is 4. The largest absolute Gasteiger partial charge is 0.496 e. The number of carbonyl (C=O) groups excluding carboxylic acids is 1. The molecule has 1 N–H and O–H groups in total. The summed E-state index contributed by atoms with van der Waals surface area (Å²) >= 11 is 0. The van der Waals surface area contributed by atoms with Gasteiger partial charge < -0.3 is 28.8 Å². The van der Waals surface area contributed by atoms with Gasteiger partial charge in [-0.3, -0.25) is 4.79 Å². The number of halogens is 1. The third-order valence-electron chi connectivity index (χ3n) is 10.8. The van der Waals surface area contributed by atoms with Crippen molar-refractivity contribution in [2.75, 3.05) is 13.7 Å². The van der Waals surface area contributed by atoms with Gasteiger partial charge in [-0.15, -0.1) is 0 Å². The van der Waals surface area contributed by atoms with Crippen molar-refractivity contribution in [2.45, 2.75) is 103 Å². The van der Waals surface area contributed by atoms with E-state index in [0.717, 1.165) is 49.0 Å². The summed E-state index contributed by atoms with van der Waals surface area (Å²) in [5, 5.41) is 11.2. The highest BCUT2D eigenvalue weighted by molar-refractivity contribution is 6.05. The molecule has 2 bridgehead atoms. The Balaban J connectivity index is 1.38. The number of piperidine rings is 1. The number of aliphatic carboxylic acids is 1. The lowest BCUT2D eigenvalue weighted by molar-refractivity contribution is -0.160. The molecule has 7 rings (SSSR count). The number of nitrogens with zero attached hydrogens (tertiary/aromatic N) is 3. The number of hydrogen-bond donors (Lipinski definition) is 1. The molecule has 2 fully saturated rings. The van der Waals surface area contributed by atoms with Gasteiger partial charge in [0.25, 0.3) is 5.91 Å². The number of carbonyl (C=O) groups is 2. The maximum Gasteiger partial charge on any atom is 0.337 e.